The highest BCUT2D eigenvalue weighted by Crippen LogP contribution is 2.32. The molecule has 0 aliphatic carbocycles. The Kier molecular flexibility index (Phi) is 5.43. The van der Waals surface area contributed by atoms with Crippen LogP contribution in [0.2, 0.25) is 0 Å². The molecule has 0 bridgehead atoms. The molecule has 132 valence electrons. The van der Waals surface area contributed by atoms with Gasteiger partial charge in [-0.2, -0.15) is 0 Å². The average molecular weight is 341 g/mol. The van der Waals surface area contributed by atoms with Crippen LogP contribution in [0, 0.1) is 13.8 Å². The molecule has 0 radical (unpaired) electrons. The molecule has 0 saturated carbocycles. The molecule has 0 saturated heterocycles. The van der Waals surface area contributed by atoms with Gasteiger partial charge in [-0.3, -0.25) is 4.79 Å². The summed E-state index contributed by atoms with van der Waals surface area (Å²) < 4.78 is 16.7. The van der Waals surface area contributed by atoms with E-state index in [0.717, 1.165) is 11.3 Å². The van der Waals surface area contributed by atoms with Crippen molar-refractivity contribution >= 4 is 11.6 Å². The van der Waals surface area contributed by atoms with Crippen LogP contribution in [0.1, 0.15) is 24.0 Å². The van der Waals surface area contributed by atoms with Crippen LogP contribution < -0.4 is 19.5 Å². The van der Waals surface area contributed by atoms with E-state index in [1.807, 2.05) is 31.2 Å². The number of hydrogen-bond donors (Lipinski definition) is 1. The minimum Gasteiger partial charge on any atom is -0.493 e. The Bertz CT molecular complexity index is 757. The monoisotopic (exact) mass is 341 g/mol. The zero-order chi connectivity index (χ0) is 17.6. The number of nitrogens with one attached hydrogen (secondary N) is 1. The number of rotatable bonds is 6. The second kappa shape index (κ2) is 7.92. The lowest BCUT2D eigenvalue weighted by Crippen LogP contribution is -2.16. The zero-order valence-electron chi connectivity index (χ0n) is 14.6. The van der Waals surface area contributed by atoms with Crippen LogP contribution in [0.5, 0.6) is 17.2 Å². The minimum absolute atomic E-state index is 0.0408. The van der Waals surface area contributed by atoms with Crippen molar-refractivity contribution in [1.82, 2.24) is 0 Å². The number of carbonyl (C=O) groups excluding carboxylic acids is 1. The lowest BCUT2D eigenvalue weighted by molar-refractivity contribution is -0.116. The van der Waals surface area contributed by atoms with Gasteiger partial charge in [0.25, 0.3) is 0 Å². The van der Waals surface area contributed by atoms with Crippen molar-refractivity contribution in [2.45, 2.75) is 26.7 Å². The SMILES string of the molecule is Cc1ccc(OCCCC(=O)Nc2ccc3c(c2)OCCO3)c(C)c1. The minimum atomic E-state index is -0.0408. The molecule has 0 fully saturated rings. The molecule has 25 heavy (non-hydrogen) atoms. The highest BCUT2D eigenvalue weighted by Gasteiger charge is 2.12. The number of benzene rings is 2. The quantitative estimate of drug-likeness (QED) is 0.810. The number of hydrogen-bond acceptors (Lipinski definition) is 4. The second-order valence-corrected chi connectivity index (χ2v) is 6.13. The third-order valence-electron chi connectivity index (χ3n) is 3.96. The van der Waals surface area contributed by atoms with Crippen LogP contribution in [0.25, 0.3) is 0 Å². The normalized spacial score (nSPS) is 12.6. The lowest BCUT2D eigenvalue weighted by Gasteiger charge is -2.19. The predicted molar refractivity (Wildman–Crippen MR) is 96.7 cm³/mol. The van der Waals surface area contributed by atoms with Gasteiger partial charge in [0, 0.05) is 18.2 Å². The average Bonchev–Trinajstić information content (AvgIpc) is 2.60. The molecule has 3 rings (SSSR count). The van der Waals surface area contributed by atoms with Crippen molar-refractivity contribution in [3.63, 3.8) is 0 Å². The number of fused-ring (bicyclic) bond motifs is 1. The third kappa shape index (κ3) is 4.66. The molecule has 0 spiro atoms. The van der Waals surface area contributed by atoms with Gasteiger partial charge in [0.1, 0.15) is 19.0 Å². The van der Waals surface area contributed by atoms with E-state index in [1.165, 1.54) is 5.56 Å². The van der Waals surface area contributed by atoms with Crippen LogP contribution in [-0.4, -0.2) is 25.7 Å². The van der Waals surface area contributed by atoms with Gasteiger partial charge in [-0.1, -0.05) is 17.7 Å². The van der Waals surface area contributed by atoms with Gasteiger partial charge < -0.3 is 19.5 Å². The van der Waals surface area contributed by atoms with E-state index in [0.29, 0.717) is 49.8 Å². The molecule has 2 aromatic rings. The topological polar surface area (TPSA) is 56.8 Å². The maximum absolute atomic E-state index is 12.1. The first-order valence-corrected chi connectivity index (χ1v) is 8.51. The largest absolute Gasteiger partial charge is 0.493 e. The van der Waals surface area contributed by atoms with Crippen molar-refractivity contribution < 1.29 is 19.0 Å². The Morgan fingerprint density at radius 3 is 2.68 bits per heavy atom. The van der Waals surface area contributed by atoms with Crippen LogP contribution in [0.4, 0.5) is 5.69 Å². The van der Waals surface area contributed by atoms with E-state index in [4.69, 9.17) is 14.2 Å². The van der Waals surface area contributed by atoms with E-state index in [9.17, 15) is 4.79 Å². The fourth-order valence-electron chi connectivity index (χ4n) is 2.72. The summed E-state index contributed by atoms with van der Waals surface area (Å²) in [5.41, 5.74) is 3.04. The Hall–Kier alpha value is -2.69. The van der Waals surface area contributed by atoms with Gasteiger partial charge in [-0.15, -0.1) is 0 Å². The van der Waals surface area contributed by atoms with Crippen LogP contribution in [-0.2, 0) is 4.79 Å². The summed E-state index contributed by atoms with van der Waals surface area (Å²) in [6.07, 6.45) is 1.06. The van der Waals surface area contributed by atoms with Gasteiger partial charge in [0.2, 0.25) is 5.91 Å². The summed E-state index contributed by atoms with van der Waals surface area (Å²) in [6.45, 7) is 5.67. The number of aryl methyl sites for hydroxylation is 2. The Balaban J connectivity index is 1.43. The van der Waals surface area contributed by atoms with Crippen LogP contribution in [0.15, 0.2) is 36.4 Å². The van der Waals surface area contributed by atoms with E-state index in [-0.39, 0.29) is 5.91 Å². The third-order valence-corrected chi connectivity index (χ3v) is 3.96. The molecule has 1 amide bonds. The molecule has 1 heterocycles. The van der Waals surface area contributed by atoms with E-state index in [2.05, 4.69) is 18.3 Å². The molecule has 1 N–H and O–H groups in total. The number of anilines is 1. The van der Waals surface area contributed by atoms with Crippen molar-refractivity contribution in [2.75, 3.05) is 25.1 Å². The fourth-order valence-corrected chi connectivity index (χ4v) is 2.72. The summed E-state index contributed by atoms with van der Waals surface area (Å²) >= 11 is 0. The molecule has 1 aliphatic rings. The van der Waals surface area contributed by atoms with Crippen molar-refractivity contribution in [2.24, 2.45) is 0 Å². The Labute approximate surface area is 147 Å². The standard InChI is InChI=1S/C20H23NO4/c1-14-5-7-17(15(2)12-14)23-9-3-4-20(22)21-16-6-8-18-19(13-16)25-11-10-24-18/h5-8,12-13H,3-4,9-11H2,1-2H3,(H,21,22). The maximum Gasteiger partial charge on any atom is 0.224 e. The first kappa shape index (κ1) is 17.1. The summed E-state index contributed by atoms with van der Waals surface area (Å²) in [5.74, 6) is 2.21. The van der Waals surface area contributed by atoms with Gasteiger partial charge in [-0.25, -0.2) is 0 Å². The first-order chi connectivity index (χ1) is 12.1. The van der Waals surface area contributed by atoms with Crippen molar-refractivity contribution in [1.29, 1.82) is 0 Å². The van der Waals surface area contributed by atoms with Crippen LogP contribution in [0.3, 0.4) is 0 Å². The zero-order valence-corrected chi connectivity index (χ0v) is 14.6. The molecule has 0 atom stereocenters. The van der Waals surface area contributed by atoms with E-state index >= 15 is 0 Å². The molecule has 5 heteroatoms. The first-order valence-electron chi connectivity index (χ1n) is 8.51. The molecule has 0 aromatic heterocycles. The molecule has 0 unspecified atom stereocenters. The number of ether oxygens (including phenoxy) is 3. The van der Waals surface area contributed by atoms with Gasteiger partial charge in [0.05, 0.1) is 6.61 Å². The van der Waals surface area contributed by atoms with Gasteiger partial charge >= 0.3 is 0 Å². The summed E-state index contributed by atoms with van der Waals surface area (Å²) in [6, 6.07) is 11.5. The molecule has 2 aromatic carbocycles. The van der Waals surface area contributed by atoms with Gasteiger partial charge in [0.15, 0.2) is 11.5 Å². The number of carbonyl (C=O) groups is 1. The Morgan fingerprint density at radius 1 is 1.08 bits per heavy atom. The Morgan fingerprint density at radius 2 is 1.88 bits per heavy atom. The van der Waals surface area contributed by atoms with Gasteiger partial charge in [-0.05, 0) is 44.0 Å². The molecule has 5 nitrogen and oxygen atoms in total. The molecule has 1 aliphatic heterocycles. The maximum atomic E-state index is 12.1. The van der Waals surface area contributed by atoms with Crippen molar-refractivity contribution in [3.8, 4) is 17.2 Å². The number of amides is 1. The molecular weight excluding hydrogens is 318 g/mol. The molecular formula is C20H23NO4. The van der Waals surface area contributed by atoms with E-state index in [1.54, 1.807) is 6.07 Å². The van der Waals surface area contributed by atoms with Crippen LogP contribution >= 0.6 is 0 Å². The summed E-state index contributed by atoms with van der Waals surface area (Å²) in [4.78, 5) is 12.1. The lowest BCUT2D eigenvalue weighted by atomic mass is 10.1. The highest BCUT2D eigenvalue weighted by molar-refractivity contribution is 5.91. The fraction of sp³-hybridized carbons (Fsp3) is 0.350. The highest BCUT2D eigenvalue weighted by atomic mass is 16.6. The van der Waals surface area contributed by atoms with E-state index < -0.39 is 0 Å². The summed E-state index contributed by atoms with van der Waals surface area (Å²) in [5, 5.41) is 2.88. The predicted octanol–water partition coefficient (Wildman–Crippen LogP) is 3.87. The smallest absolute Gasteiger partial charge is 0.224 e. The van der Waals surface area contributed by atoms with Crippen molar-refractivity contribution in [3.05, 3.63) is 47.5 Å². The second-order valence-electron chi connectivity index (χ2n) is 6.13. The summed E-state index contributed by atoms with van der Waals surface area (Å²) in [7, 11) is 0.